The molecular weight excluding hydrogens is 360 g/mol. The monoisotopic (exact) mass is 374 g/mol. The minimum atomic E-state index is -0.795. The largest absolute Gasteiger partial charge is 0.456 e. The standard InChI is InChI=1S/C13H15BrN2O4S/c1-8(11(15)17)16-12(18)9-4-2-3-5-10(9)21-13(19)20-7-6-14/h2-5,8H,6-7H2,1H3,(H2,15,17)(H,16,18)/t8-/m1/s1. The first-order chi connectivity index (χ1) is 9.95. The minimum Gasteiger partial charge on any atom is -0.456 e. The fourth-order valence-corrected chi connectivity index (χ4v) is 2.23. The van der Waals surface area contributed by atoms with E-state index in [1.807, 2.05) is 0 Å². The van der Waals surface area contributed by atoms with Crippen LogP contribution in [0.5, 0.6) is 0 Å². The summed E-state index contributed by atoms with van der Waals surface area (Å²) in [5.41, 5.74) is 5.38. The Bertz CT molecular complexity index is 539. The summed E-state index contributed by atoms with van der Waals surface area (Å²) in [6.45, 7) is 1.74. The number of rotatable bonds is 6. The molecule has 0 aromatic heterocycles. The molecule has 0 unspecified atom stereocenters. The van der Waals surface area contributed by atoms with E-state index in [2.05, 4.69) is 21.2 Å². The molecule has 6 nitrogen and oxygen atoms in total. The summed E-state index contributed by atoms with van der Waals surface area (Å²) >= 11 is 3.96. The molecule has 3 N–H and O–H groups in total. The Labute approximate surface area is 134 Å². The van der Waals surface area contributed by atoms with Gasteiger partial charge in [0, 0.05) is 10.2 Å². The van der Waals surface area contributed by atoms with Crippen LogP contribution in [-0.4, -0.2) is 35.1 Å². The van der Waals surface area contributed by atoms with Gasteiger partial charge in [-0.25, -0.2) is 4.79 Å². The number of carbonyl (C=O) groups excluding carboxylic acids is 3. The number of alkyl halides is 1. The van der Waals surface area contributed by atoms with Crippen LogP contribution in [0.3, 0.4) is 0 Å². The fraction of sp³-hybridized carbons (Fsp3) is 0.308. The van der Waals surface area contributed by atoms with Crippen LogP contribution >= 0.6 is 27.7 Å². The molecule has 21 heavy (non-hydrogen) atoms. The van der Waals surface area contributed by atoms with Crippen LogP contribution < -0.4 is 11.1 Å². The lowest BCUT2D eigenvalue weighted by Crippen LogP contribution is -2.42. The van der Waals surface area contributed by atoms with Crippen molar-refractivity contribution in [1.29, 1.82) is 0 Å². The number of carbonyl (C=O) groups is 3. The van der Waals surface area contributed by atoms with E-state index in [4.69, 9.17) is 10.5 Å². The SMILES string of the molecule is C[C@@H](NC(=O)c1ccccc1SC(=O)OCCBr)C(N)=O. The van der Waals surface area contributed by atoms with Gasteiger partial charge < -0.3 is 15.8 Å². The average Bonchev–Trinajstić information content (AvgIpc) is 2.45. The van der Waals surface area contributed by atoms with E-state index in [1.165, 1.54) is 6.92 Å². The Hall–Kier alpha value is -1.54. The highest BCUT2D eigenvalue weighted by atomic mass is 79.9. The quantitative estimate of drug-likeness (QED) is 0.450. The van der Waals surface area contributed by atoms with Crippen molar-refractivity contribution in [2.75, 3.05) is 11.9 Å². The van der Waals surface area contributed by atoms with E-state index >= 15 is 0 Å². The lowest BCUT2D eigenvalue weighted by molar-refractivity contribution is -0.119. The second-order valence-electron chi connectivity index (χ2n) is 3.98. The zero-order valence-corrected chi connectivity index (χ0v) is 13.7. The number of hydrogen-bond donors (Lipinski definition) is 2. The lowest BCUT2D eigenvalue weighted by atomic mass is 10.2. The molecule has 0 saturated heterocycles. The molecule has 1 rings (SSSR count). The van der Waals surface area contributed by atoms with Crippen LogP contribution in [0.2, 0.25) is 0 Å². The van der Waals surface area contributed by atoms with Gasteiger partial charge in [0.25, 0.3) is 5.91 Å². The van der Waals surface area contributed by atoms with Crippen LogP contribution in [0.25, 0.3) is 0 Å². The van der Waals surface area contributed by atoms with E-state index in [9.17, 15) is 14.4 Å². The van der Waals surface area contributed by atoms with Gasteiger partial charge in [0.15, 0.2) is 0 Å². The number of hydrogen-bond acceptors (Lipinski definition) is 5. The molecule has 1 aromatic rings. The van der Waals surface area contributed by atoms with Crippen molar-refractivity contribution in [3.8, 4) is 0 Å². The summed E-state index contributed by atoms with van der Waals surface area (Å²) in [7, 11) is 0. The topological polar surface area (TPSA) is 98.5 Å². The van der Waals surface area contributed by atoms with E-state index < -0.39 is 23.2 Å². The third-order valence-electron chi connectivity index (χ3n) is 2.40. The zero-order valence-electron chi connectivity index (χ0n) is 11.3. The number of primary amides is 1. The number of amides is 2. The van der Waals surface area contributed by atoms with E-state index in [1.54, 1.807) is 24.3 Å². The van der Waals surface area contributed by atoms with Crippen molar-refractivity contribution < 1.29 is 19.1 Å². The number of ether oxygens (including phenoxy) is 1. The zero-order chi connectivity index (χ0) is 15.8. The van der Waals surface area contributed by atoms with Crippen LogP contribution in [0.1, 0.15) is 17.3 Å². The number of thioether (sulfide) groups is 1. The fourth-order valence-electron chi connectivity index (χ4n) is 1.33. The molecule has 8 heteroatoms. The van der Waals surface area contributed by atoms with E-state index in [-0.39, 0.29) is 12.2 Å². The molecular formula is C13H15BrN2O4S. The molecule has 1 atom stereocenters. The summed E-state index contributed by atoms with van der Waals surface area (Å²) < 4.78 is 4.92. The van der Waals surface area contributed by atoms with Crippen molar-refractivity contribution >= 4 is 44.8 Å². The molecule has 0 fully saturated rings. The number of halogens is 1. The van der Waals surface area contributed by atoms with Crippen LogP contribution in [-0.2, 0) is 9.53 Å². The predicted octanol–water partition coefficient (Wildman–Crippen LogP) is 1.91. The van der Waals surface area contributed by atoms with Gasteiger partial charge in [-0.05, 0) is 30.8 Å². The first-order valence-corrected chi connectivity index (χ1v) is 7.99. The Balaban J connectivity index is 2.81. The second kappa shape index (κ2) is 8.68. The third kappa shape index (κ3) is 5.76. The normalized spacial score (nSPS) is 11.5. The van der Waals surface area contributed by atoms with Gasteiger partial charge in [0.05, 0.1) is 5.56 Å². The summed E-state index contributed by atoms with van der Waals surface area (Å²) in [6, 6.07) is 5.76. The number of nitrogens with one attached hydrogen (secondary N) is 1. The van der Waals surface area contributed by atoms with Crippen LogP contribution in [0.4, 0.5) is 4.79 Å². The smallest absolute Gasteiger partial charge is 0.372 e. The molecule has 0 aliphatic heterocycles. The average molecular weight is 375 g/mol. The van der Waals surface area contributed by atoms with Gasteiger partial charge >= 0.3 is 5.30 Å². The van der Waals surface area contributed by atoms with Crippen LogP contribution in [0.15, 0.2) is 29.2 Å². The molecule has 0 heterocycles. The highest BCUT2D eigenvalue weighted by molar-refractivity contribution is 9.09. The molecule has 0 bridgehead atoms. The lowest BCUT2D eigenvalue weighted by Gasteiger charge is -2.12. The summed E-state index contributed by atoms with van der Waals surface area (Å²) in [5, 5.41) is 2.50. The maximum absolute atomic E-state index is 12.1. The third-order valence-corrected chi connectivity index (χ3v) is 3.58. The van der Waals surface area contributed by atoms with Gasteiger partial charge in [-0.15, -0.1) is 0 Å². The summed E-state index contributed by atoms with van der Waals surface area (Å²) in [4.78, 5) is 35.1. The molecule has 0 aliphatic carbocycles. The summed E-state index contributed by atoms with van der Waals surface area (Å²) in [5.74, 6) is -1.11. The van der Waals surface area contributed by atoms with E-state index in [0.29, 0.717) is 10.2 Å². The Kier molecular flexibility index (Phi) is 7.24. The molecule has 0 radical (unpaired) electrons. The van der Waals surface area contributed by atoms with Gasteiger partial charge in [-0.1, -0.05) is 28.1 Å². The summed E-state index contributed by atoms with van der Waals surface area (Å²) in [6.07, 6.45) is 0. The van der Waals surface area contributed by atoms with Crippen molar-refractivity contribution in [3.63, 3.8) is 0 Å². The van der Waals surface area contributed by atoms with Crippen molar-refractivity contribution in [2.45, 2.75) is 17.9 Å². The molecule has 0 spiro atoms. The Morgan fingerprint density at radius 3 is 2.67 bits per heavy atom. The van der Waals surface area contributed by atoms with Gasteiger partial charge in [-0.3, -0.25) is 9.59 Å². The molecule has 0 saturated carbocycles. The minimum absolute atomic E-state index is 0.249. The second-order valence-corrected chi connectivity index (χ2v) is 5.75. The maximum Gasteiger partial charge on any atom is 0.372 e. The molecule has 2 amide bonds. The van der Waals surface area contributed by atoms with Crippen LogP contribution in [0, 0.1) is 0 Å². The van der Waals surface area contributed by atoms with Gasteiger partial charge in [0.2, 0.25) is 5.91 Å². The molecule has 0 aliphatic rings. The van der Waals surface area contributed by atoms with E-state index in [0.717, 1.165) is 11.8 Å². The Morgan fingerprint density at radius 1 is 1.38 bits per heavy atom. The number of nitrogens with two attached hydrogens (primary N) is 1. The number of benzene rings is 1. The predicted molar refractivity (Wildman–Crippen MR) is 83.6 cm³/mol. The first-order valence-electron chi connectivity index (χ1n) is 6.05. The highest BCUT2D eigenvalue weighted by Gasteiger charge is 2.18. The highest BCUT2D eigenvalue weighted by Crippen LogP contribution is 2.24. The van der Waals surface area contributed by atoms with Crippen molar-refractivity contribution in [2.24, 2.45) is 5.73 Å². The first kappa shape index (κ1) is 17.5. The molecule has 114 valence electrons. The van der Waals surface area contributed by atoms with Crippen molar-refractivity contribution in [1.82, 2.24) is 5.32 Å². The van der Waals surface area contributed by atoms with Crippen molar-refractivity contribution in [3.05, 3.63) is 29.8 Å². The molecule has 1 aromatic carbocycles. The van der Waals surface area contributed by atoms with Gasteiger partial charge in [0.1, 0.15) is 12.6 Å². The maximum atomic E-state index is 12.1. The Morgan fingerprint density at radius 2 is 2.05 bits per heavy atom. The van der Waals surface area contributed by atoms with Gasteiger partial charge in [-0.2, -0.15) is 0 Å².